The number of rotatable bonds is 6. The molecule has 0 aliphatic carbocycles. The molecule has 1 N–H and O–H groups in total. The minimum absolute atomic E-state index is 0.0955. The van der Waals surface area contributed by atoms with Gasteiger partial charge in [0.15, 0.2) is 6.29 Å². The normalized spacial score (nSPS) is 13.0. The minimum atomic E-state index is -4.61. The number of nitrogens with zero attached hydrogens (tertiary/aromatic N) is 2. The van der Waals surface area contributed by atoms with E-state index in [1.54, 1.807) is 19.9 Å². The summed E-state index contributed by atoms with van der Waals surface area (Å²) in [6, 6.07) is 5.16. The highest BCUT2D eigenvalue weighted by atomic mass is 19.4. The van der Waals surface area contributed by atoms with Gasteiger partial charge in [0.25, 0.3) is 5.69 Å². The first kappa shape index (κ1) is 18.9. The molecule has 2 rings (SSSR count). The monoisotopic (exact) mass is 358 g/mol. The summed E-state index contributed by atoms with van der Waals surface area (Å²) in [6.07, 6.45) is -5.36. The van der Waals surface area contributed by atoms with Crippen LogP contribution in [0.15, 0.2) is 30.5 Å². The minimum Gasteiger partial charge on any atom is -0.363 e. The quantitative estimate of drug-likeness (QED) is 0.484. The Hall–Kier alpha value is -2.39. The molecule has 1 unspecified atom stereocenters. The fourth-order valence-corrected chi connectivity index (χ4v) is 2.47. The summed E-state index contributed by atoms with van der Waals surface area (Å²) in [4.78, 5) is 10.6. The number of hydrogen-bond donors (Lipinski definition) is 1. The second-order valence-corrected chi connectivity index (χ2v) is 5.48. The van der Waals surface area contributed by atoms with Crippen molar-refractivity contribution < 1.29 is 27.9 Å². The lowest BCUT2D eigenvalue weighted by atomic mass is 10.1. The summed E-state index contributed by atoms with van der Waals surface area (Å²) in [5, 5.41) is 21.1. The smallest absolute Gasteiger partial charge is 0.363 e. The van der Waals surface area contributed by atoms with E-state index in [1.807, 2.05) is 0 Å². The first-order valence-electron chi connectivity index (χ1n) is 7.44. The van der Waals surface area contributed by atoms with Crippen molar-refractivity contribution in [2.45, 2.75) is 32.9 Å². The van der Waals surface area contributed by atoms with Crippen molar-refractivity contribution >= 4 is 5.69 Å². The first-order chi connectivity index (χ1) is 11.6. The van der Waals surface area contributed by atoms with Gasteiger partial charge in [-0.2, -0.15) is 13.2 Å². The Labute approximate surface area is 141 Å². The van der Waals surface area contributed by atoms with Gasteiger partial charge in [-0.05, 0) is 26.0 Å². The lowest BCUT2D eigenvalue weighted by Crippen LogP contribution is -2.11. The van der Waals surface area contributed by atoms with Crippen molar-refractivity contribution in [1.82, 2.24) is 4.57 Å². The van der Waals surface area contributed by atoms with Crippen LogP contribution in [0.3, 0.4) is 0 Å². The van der Waals surface area contributed by atoms with E-state index in [4.69, 9.17) is 4.74 Å². The van der Waals surface area contributed by atoms with Gasteiger partial charge in [-0.15, -0.1) is 0 Å². The van der Waals surface area contributed by atoms with Crippen LogP contribution < -0.4 is 0 Å². The van der Waals surface area contributed by atoms with E-state index in [9.17, 15) is 28.4 Å². The zero-order chi connectivity index (χ0) is 18.8. The fourth-order valence-electron chi connectivity index (χ4n) is 2.47. The lowest BCUT2D eigenvalue weighted by molar-refractivity contribution is -0.385. The van der Waals surface area contributed by atoms with Crippen molar-refractivity contribution in [3.8, 4) is 0 Å². The molecule has 0 amide bonds. The third-order valence-electron chi connectivity index (χ3n) is 3.61. The molecule has 1 heterocycles. The molecular formula is C16H17F3N2O4. The van der Waals surface area contributed by atoms with E-state index in [2.05, 4.69) is 0 Å². The highest BCUT2D eigenvalue weighted by molar-refractivity contribution is 5.43. The van der Waals surface area contributed by atoms with Crippen LogP contribution in [0, 0.1) is 17.0 Å². The number of nitro benzene ring substituents is 1. The number of alkyl halides is 3. The average Bonchev–Trinajstić information content (AvgIpc) is 2.91. The number of benzene rings is 1. The maximum absolute atomic E-state index is 13.0. The Kier molecular flexibility index (Phi) is 5.48. The molecule has 0 spiro atoms. The summed E-state index contributed by atoms with van der Waals surface area (Å²) in [7, 11) is 0. The van der Waals surface area contributed by atoms with E-state index >= 15 is 0 Å². The zero-order valence-corrected chi connectivity index (χ0v) is 13.6. The van der Waals surface area contributed by atoms with Gasteiger partial charge in [-0.3, -0.25) is 10.1 Å². The number of hydrogen-bond acceptors (Lipinski definition) is 4. The van der Waals surface area contributed by atoms with E-state index in [0.29, 0.717) is 0 Å². The Bertz CT molecular complexity index is 771. The van der Waals surface area contributed by atoms with Crippen LogP contribution in [0.2, 0.25) is 0 Å². The van der Waals surface area contributed by atoms with Gasteiger partial charge >= 0.3 is 6.18 Å². The fraction of sp³-hybridized carbons (Fsp3) is 0.375. The summed E-state index contributed by atoms with van der Waals surface area (Å²) in [5.74, 6) is 0. The van der Waals surface area contributed by atoms with Crippen LogP contribution in [-0.2, 0) is 17.5 Å². The van der Waals surface area contributed by atoms with E-state index in [0.717, 1.165) is 22.4 Å². The largest absolute Gasteiger partial charge is 0.417 e. The Morgan fingerprint density at radius 2 is 2.04 bits per heavy atom. The second kappa shape index (κ2) is 7.24. The van der Waals surface area contributed by atoms with E-state index in [1.165, 1.54) is 12.1 Å². The van der Waals surface area contributed by atoms with Gasteiger partial charge in [0.1, 0.15) is 0 Å². The van der Waals surface area contributed by atoms with Gasteiger partial charge in [-0.1, -0.05) is 11.6 Å². The maximum atomic E-state index is 13.0. The highest BCUT2D eigenvalue weighted by Gasteiger charge is 2.34. The molecule has 2 aromatic rings. The number of halogens is 3. The lowest BCUT2D eigenvalue weighted by Gasteiger charge is -2.15. The number of aliphatic hydroxyl groups excluding tert-OH is 1. The van der Waals surface area contributed by atoms with Crippen molar-refractivity contribution in [1.29, 1.82) is 0 Å². The van der Waals surface area contributed by atoms with Crippen LogP contribution in [0.5, 0.6) is 0 Å². The Balaban J connectivity index is 2.50. The first-order valence-corrected chi connectivity index (χ1v) is 7.44. The summed E-state index contributed by atoms with van der Waals surface area (Å²) < 4.78 is 45.1. The van der Waals surface area contributed by atoms with Crippen LogP contribution >= 0.6 is 0 Å². The third-order valence-corrected chi connectivity index (χ3v) is 3.61. The van der Waals surface area contributed by atoms with Crippen molar-refractivity contribution in [2.75, 3.05) is 6.61 Å². The summed E-state index contributed by atoms with van der Waals surface area (Å²) in [5.41, 5.74) is -0.318. The molecule has 0 aliphatic heterocycles. The molecule has 6 nitrogen and oxygen atoms in total. The number of aryl methyl sites for hydroxylation is 1. The predicted molar refractivity (Wildman–Crippen MR) is 83.0 cm³/mol. The van der Waals surface area contributed by atoms with Crippen molar-refractivity contribution in [2.24, 2.45) is 0 Å². The van der Waals surface area contributed by atoms with Gasteiger partial charge in [0, 0.05) is 24.4 Å². The summed E-state index contributed by atoms with van der Waals surface area (Å²) in [6.45, 7) is 3.21. The van der Waals surface area contributed by atoms with Crippen molar-refractivity contribution in [3.05, 3.63) is 63.0 Å². The van der Waals surface area contributed by atoms with E-state index < -0.39 is 23.0 Å². The van der Waals surface area contributed by atoms with Gasteiger partial charge in [-0.25, -0.2) is 0 Å². The standard InChI is InChI=1S/C16H17F3N2O4/c1-3-25-15(22)14-7-12(16(17,18)19)9-20(14)8-11-6-10(2)4-5-13(11)21(23)24/h4-7,9,15,22H,3,8H2,1-2H3. The molecule has 0 bridgehead atoms. The number of aliphatic hydroxyl groups is 1. The molecule has 136 valence electrons. The van der Waals surface area contributed by atoms with Crippen LogP contribution in [0.4, 0.5) is 18.9 Å². The van der Waals surface area contributed by atoms with Crippen LogP contribution in [0.1, 0.15) is 35.6 Å². The van der Waals surface area contributed by atoms with Gasteiger partial charge in [0.2, 0.25) is 0 Å². The maximum Gasteiger partial charge on any atom is 0.417 e. The second-order valence-electron chi connectivity index (χ2n) is 5.48. The molecule has 0 aliphatic rings. The van der Waals surface area contributed by atoms with E-state index in [-0.39, 0.29) is 30.1 Å². The van der Waals surface area contributed by atoms with Crippen LogP contribution in [-0.4, -0.2) is 21.2 Å². The molecule has 0 fully saturated rings. The number of aromatic nitrogens is 1. The Morgan fingerprint density at radius 1 is 1.36 bits per heavy atom. The van der Waals surface area contributed by atoms with Crippen molar-refractivity contribution in [3.63, 3.8) is 0 Å². The molecule has 1 atom stereocenters. The van der Waals surface area contributed by atoms with Gasteiger partial charge in [0.05, 0.1) is 22.7 Å². The molecule has 0 saturated carbocycles. The number of nitro groups is 1. The average molecular weight is 358 g/mol. The predicted octanol–water partition coefficient (Wildman–Crippen LogP) is 3.80. The van der Waals surface area contributed by atoms with Gasteiger partial charge < -0.3 is 14.4 Å². The SMILES string of the molecule is CCOC(O)c1cc(C(F)(F)F)cn1Cc1cc(C)ccc1[N+](=O)[O-]. The topological polar surface area (TPSA) is 77.5 Å². The summed E-state index contributed by atoms with van der Waals surface area (Å²) >= 11 is 0. The molecule has 1 aromatic carbocycles. The number of ether oxygens (including phenoxy) is 1. The molecule has 0 radical (unpaired) electrons. The molecule has 25 heavy (non-hydrogen) atoms. The van der Waals surface area contributed by atoms with Crippen LogP contribution in [0.25, 0.3) is 0 Å². The molecular weight excluding hydrogens is 341 g/mol. The molecule has 9 heteroatoms. The third kappa shape index (κ3) is 4.37. The Morgan fingerprint density at radius 3 is 2.60 bits per heavy atom. The highest BCUT2D eigenvalue weighted by Crippen LogP contribution is 2.33. The molecule has 1 aromatic heterocycles. The zero-order valence-electron chi connectivity index (χ0n) is 13.6. The molecule has 0 saturated heterocycles.